The second kappa shape index (κ2) is 7.83. The molecule has 2 fully saturated rings. The van der Waals surface area contributed by atoms with Crippen molar-refractivity contribution in [2.45, 2.75) is 38.3 Å². The lowest BCUT2D eigenvalue weighted by Crippen LogP contribution is -2.55. The van der Waals surface area contributed by atoms with Crippen molar-refractivity contribution >= 4 is 34.2 Å². The van der Waals surface area contributed by atoms with Crippen LogP contribution in [0.3, 0.4) is 0 Å². The lowest BCUT2D eigenvalue weighted by molar-refractivity contribution is 0.0468. The molecule has 0 bridgehead atoms. The van der Waals surface area contributed by atoms with Crippen molar-refractivity contribution < 1.29 is 13.9 Å². The van der Waals surface area contributed by atoms with Gasteiger partial charge in [-0.1, -0.05) is 0 Å². The van der Waals surface area contributed by atoms with Crippen LogP contribution >= 0.6 is 11.3 Å². The van der Waals surface area contributed by atoms with Gasteiger partial charge >= 0.3 is 6.09 Å². The second-order valence-corrected chi connectivity index (χ2v) is 9.02. The number of hydrogen-bond donors (Lipinski definition) is 1. The van der Waals surface area contributed by atoms with Crippen LogP contribution in [0.2, 0.25) is 0 Å². The SMILES string of the molecule is O=C(NC1CC2(CCN(c3ccc4cc(F)ccc4n3)CC2)C1)OCc1cscn1. The lowest BCUT2D eigenvalue weighted by atomic mass is 9.60. The van der Waals surface area contributed by atoms with E-state index in [4.69, 9.17) is 9.72 Å². The van der Waals surface area contributed by atoms with E-state index in [0.717, 1.165) is 61.2 Å². The number of hydrogen-bond acceptors (Lipinski definition) is 6. The molecule has 2 aliphatic rings. The van der Waals surface area contributed by atoms with Crippen molar-refractivity contribution in [1.29, 1.82) is 0 Å². The van der Waals surface area contributed by atoms with Crippen LogP contribution in [-0.4, -0.2) is 35.2 Å². The van der Waals surface area contributed by atoms with Gasteiger partial charge in [0.1, 0.15) is 18.2 Å². The lowest BCUT2D eigenvalue weighted by Gasteiger charge is -2.52. The molecule has 0 unspecified atom stereocenters. The Balaban J connectivity index is 1.11. The van der Waals surface area contributed by atoms with Crippen molar-refractivity contribution in [2.75, 3.05) is 18.0 Å². The van der Waals surface area contributed by atoms with Crippen LogP contribution in [0.15, 0.2) is 41.2 Å². The Hall–Kier alpha value is -2.74. The number of halogens is 1. The summed E-state index contributed by atoms with van der Waals surface area (Å²) >= 11 is 1.49. The van der Waals surface area contributed by atoms with Gasteiger partial charge in [-0.05, 0) is 61.4 Å². The summed E-state index contributed by atoms with van der Waals surface area (Å²) in [5, 5.41) is 5.67. The number of piperidine rings is 1. The highest BCUT2D eigenvalue weighted by Crippen LogP contribution is 2.49. The molecule has 1 aromatic carbocycles. The molecule has 2 aromatic heterocycles. The van der Waals surface area contributed by atoms with E-state index in [1.54, 1.807) is 11.6 Å². The summed E-state index contributed by atoms with van der Waals surface area (Å²) in [6.07, 6.45) is 3.80. The van der Waals surface area contributed by atoms with Crippen LogP contribution in [0.25, 0.3) is 10.9 Å². The molecule has 1 saturated heterocycles. The molecule has 1 N–H and O–H groups in total. The van der Waals surface area contributed by atoms with Gasteiger partial charge in [-0.2, -0.15) is 0 Å². The fraction of sp³-hybridized carbons (Fsp3) is 0.409. The number of fused-ring (bicyclic) bond motifs is 1. The average Bonchev–Trinajstić information content (AvgIpc) is 3.25. The molecule has 0 radical (unpaired) electrons. The van der Waals surface area contributed by atoms with Crippen LogP contribution in [0.5, 0.6) is 0 Å². The van der Waals surface area contributed by atoms with Crippen molar-refractivity contribution in [3.05, 3.63) is 52.7 Å². The first-order valence-electron chi connectivity index (χ1n) is 10.2. The highest BCUT2D eigenvalue weighted by atomic mass is 32.1. The molecule has 3 heterocycles. The van der Waals surface area contributed by atoms with Crippen molar-refractivity contribution in [1.82, 2.24) is 15.3 Å². The van der Waals surface area contributed by atoms with Gasteiger partial charge in [0, 0.05) is 29.9 Å². The summed E-state index contributed by atoms with van der Waals surface area (Å²) < 4.78 is 18.6. The molecule has 1 aliphatic carbocycles. The Kier molecular flexibility index (Phi) is 5.02. The second-order valence-electron chi connectivity index (χ2n) is 8.30. The summed E-state index contributed by atoms with van der Waals surface area (Å²) in [5.74, 6) is 0.709. The molecule has 156 valence electrons. The molecule has 1 aliphatic heterocycles. The predicted molar refractivity (Wildman–Crippen MR) is 114 cm³/mol. The van der Waals surface area contributed by atoms with Crippen LogP contribution in [0.4, 0.5) is 15.0 Å². The third-order valence-corrected chi connectivity index (χ3v) is 6.94. The summed E-state index contributed by atoms with van der Waals surface area (Å²) in [5.41, 5.74) is 3.63. The number of ether oxygens (including phenoxy) is 1. The Morgan fingerprint density at radius 1 is 1.27 bits per heavy atom. The average molecular weight is 427 g/mol. The van der Waals surface area contributed by atoms with Crippen LogP contribution in [-0.2, 0) is 11.3 Å². The summed E-state index contributed by atoms with van der Waals surface area (Å²) in [6.45, 7) is 2.11. The number of alkyl carbamates (subject to hydrolysis) is 1. The van der Waals surface area contributed by atoms with Gasteiger partial charge in [0.2, 0.25) is 0 Å². The fourth-order valence-electron chi connectivity index (χ4n) is 4.62. The molecule has 5 rings (SSSR count). The molecule has 1 saturated carbocycles. The van der Waals surface area contributed by atoms with E-state index in [-0.39, 0.29) is 24.6 Å². The minimum absolute atomic E-state index is 0.188. The Morgan fingerprint density at radius 2 is 2.10 bits per heavy atom. The number of nitrogens with one attached hydrogen (secondary N) is 1. The minimum atomic E-state index is -0.364. The topological polar surface area (TPSA) is 67.4 Å². The number of aromatic nitrogens is 2. The number of carbonyl (C=O) groups excluding carboxylic acids is 1. The number of pyridine rings is 1. The monoisotopic (exact) mass is 426 g/mol. The van der Waals surface area contributed by atoms with Crippen LogP contribution < -0.4 is 10.2 Å². The van der Waals surface area contributed by atoms with Gasteiger partial charge in [-0.3, -0.25) is 0 Å². The van der Waals surface area contributed by atoms with E-state index in [1.165, 1.54) is 23.5 Å². The fourth-order valence-corrected chi connectivity index (χ4v) is 5.17. The summed E-state index contributed by atoms with van der Waals surface area (Å²) in [7, 11) is 0. The van der Waals surface area contributed by atoms with E-state index in [9.17, 15) is 9.18 Å². The van der Waals surface area contributed by atoms with E-state index in [2.05, 4.69) is 15.2 Å². The van der Waals surface area contributed by atoms with Gasteiger partial charge in [-0.15, -0.1) is 11.3 Å². The first-order chi connectivity index (χ1) is 14.6. The maximum absolute atomic E-state index is 13.4. The Morgan fingerprint density at radius 3 is 2.87 bits per heavy atom. The molecular formula is C22H23FN4O2S. The molecule has 1 spiro atoms. The zero-order chi connectivity index (χ0) is 20.6. The molecule has 6 nitrogen and oxygen atoms in total. The number of thiazole rings is 1. The minimum Gasteiger partial charge on any atom is -0.443 e. The smallest absolute Gasteiger partial charge is 0.407 e. The van der Waals surface area contributed by atoms with E-state index in [0.29, 0.717) is 5.41 Å². The van der Waals surface area contributed by atoms with Crippen LogP contribution in [0.1, 0.15) is 31.4 Å². The molecule has 0 atom stereocenters. The van der Waals surface area contributed by atoms with Gasteiger partial charge in [0.05, 0.1) is 16.7 Å². The number of anilines is 1. The number of carbonyl (C=O) groups is 1. The van der Waals surface area contributed by atoms with Gasteiger partial charge in [0.25, 0.3) is 0 Å². The third kappa shape index (κ3) is 3.96. The van der Waals surface area contributed by atoms with E-state index in [1.807, 2.05) is 17.5 Å². The summed E-state index contributed by atoms with van der Waals surface area (Å²) in [4.78, 5) is 23.1. The molecule has 1 amide bonds. The molecule has 30 heavy (non-hydrogen) atoms. The van der Waals surface area contributed by atoms with E-state index >= 15 is 0 Å². The predicted octanol–water partition coefficient (Wildman–Crippen LogP) is 4.51. The standard InChI is InChI=1S/C22H23FN4O2S/c23-16-2-3-19-15(9-16)1-4-20(26-19)27-7-5-22(6-8-27)10-17(11-22)25-21(28)29-12-18-13-30-14-24-18/h1-4,9,13-14,17H,5-8,10-12H2,(H,25,28). The third-order valence-electron chi connectivity index (χ3n) is 6.30. The molecule has 3 aromatic rings. The normalized spacial score (nSPS) is 18.4. The number of amides is 1. The van der Waals surface area contributed by atoms with Crippen LogP contribution in [0, 0.1) is 11.2 Å². The van der Waals surface area contributed by atoms with Crippen molar-refractivity contribution in [3.8, 4) is 0 Å². The maximum Gasteiger partial charge on any atom is 0.407 e. The Labute approximate surface area is 178 Å². The van der Waals surface area contributed by atoms with Crippen molar-refractivity contribution in [2.24, 2.45) is 5.41 Å². The maximum atomic E-state index is 13.4. The zero-order valence-electron chi connectivity index (χ0n) is 16.5. The van der Waals surface area contributed by atoms with Gasteiger partial charge in [0.15, 0.2) is 0 Å². The summed E-state index contributed by atoms with van der Waals surface area (Å²) in [6, 6.07) is 8.80. The van der Waals surface area contributed by atoms with Crippen molar-refractivity contribution in [3.63, 3.8) is 0 Å². The van der Waals surface area contributed by atoms with Gasteiger partial charge in [-0.25, -0.2) is 19.2 Å². The largest absolute Gasteiger partial charge is 0.443 e. The molecule has 8 heteroatoms. The quantitative estimate of drug-likeness (QED) is 0.665. The van der Waals surface area contributed by atoms with E-state index < -0.39 is 0 Å². The Bertz CT molecular complexity index is 1040. The first-order valence-corrected chi connectivity index (χ1v) is 11.1. The highest BCUT2D eigenvalue weighted by molar-refractivity contribution is 7.07. The number of benzene rings is 1. The number of nitrogens with zero attached hydrogens (tertiary/aromatic N) is 3. The highest BCUT2D eigenvalue weighted by Gasteiger charge is 2.46. The first kappa shape index (κ1) is 19.2. The molecular weight excluding hydrogens is 403 g/mol. The zero-order valence-corrected chi connectivity index (χ0v) is 17.3. The van der Waals surface area contributed by atoms with Gasteiger partial charge < -0.3 is 15.0 Å². The number of rotatable bonds is 4.